The predicted molar refractivity (Wildman–Crippen MR) is 65.2 cm³/mol. The molecule has 0 aromatic heterocycles. The lowest BCUT2D eigenvalue weighted by Gasteiger charge is -2.27. The van der Waals surface area contributed by atoms with Gasteiger partial charge in [-0.15, -0.1) is 0 Å². The third kappa shape index (κ3) is 1.90. The summed E-state index contributed by atoms with van der Waals surface area (Å²) in [6.07, 6.45) is 3.82. The molecule has 0 aliphatic heterocycles. The number of benzene rings is 1. The van der Waals surface area contributed by atoms with Gasteiger partial charge < -0.3 is 9.47 Å². The molecular formula is C14H18O3. The standard InChI is InChI=1S/C14H18O3/c1-16-12-8-4-3-7-11(12)14(13(15)17-2)9-5-6-10-14/h3-4,7-8H,5-6,9-10H2,1-2H3. The van der Waals surface area contributed by atoms with Crippen molar-refractivity contribution in [2.75, 3.05) is 14.2 Å². The van der Waals surface area contributed by atoms with Gasteiger partial charge in [-0.3, -0.25) is 4.79 Å². The maximum Gasteiger partial charge on any atom is 0.316 e. The lowest BCUT2D eigenvalue weighted by molar-refractivity contribution is -0.147. The van der Waals surface area contributed by atoms with Gasteiger partial charge in [0.2, 0.25) is 0 Å². The summed E-state index contributed by atoms with van der Waals surface area (Å²) in [5, 5.41) is 0. The van der Waals surface area contributed by atoms with E-state index in [9.17, 15) is 4.79 Å². The van der Waals surface area contributed by atoms with E-state index in [1.165, 1.54) is 7.11 Å². The molecule has 1 aliphatic carbocycles. The summed E-state index contributed by atoms with van der Waals surface area (Å²) >= 11 is 0. The van der Waals surface area contributed by atoms with Gasteiger partial charge >= 0.3 is 5.97 Å². The first-order valence-electron chi connectivity index (χ1n) is 5.96. The second-order valence-electron chi connectivity index (χ2n) is 4.48. The normalized spacial score (nSPS) is 17.8. The number of ether oxygens (including phenoxy) is 2. The van der Waals surface area contributed by atoms with E-state index in [1.54, 1.807) is 7.11 Å². The Labute approximate surface area is 102 Å². The molecule has 1 aliphatic rings. The second-order valence-corrected chi connectivity index (χ2v) is 4.48. The molecule has 0 saturated heterocycles. The first-order chi connectivity index (χ1) is 8.24. The van der Waals surface area contributed by atoms with Crippen molar-refractivity contribution >= 4 is 5.97 Å². The summed E-state index contributed by atoms with van der Waals surface area (Å²) in [5.74, 6) is 0.638. The van der Waals surface area contributed by atoms with E-state index in [-0.39, 0.29) is 5.97 Å². The van der Waals surface area contributed by atoms with Crippen molar-refractivity contribution in [2.24, 2.45) is 0 Å². The molecular weight excluding hydrogens is 216 g/mol. The van der Waals surface area contributed by atoms with Crippen LogP contribution in [-0.4, -0.2) is 20.2 Å². The van der Waals surface area contributed by atoms with Gasteiger partial charge in [-0.25, -0.2) is 0 Å². The van der Waals surface area contributed by atoms with Crippen LogP contribution >= 0.6 is 0 Å². The Bertz CT molecular complexity index is 406. The minimum atomic E-state index is -0.499. The Morgan fingerprint density at radius 1 is 1.18 bits per heavy atom. The zero-order valence-corrected chi connectivity index (χ0v) is 10.4. The Balaban J connectivity index is 2.49. The molecule has 0 heterocycles. The summed E-state index contributed by atoms with van der Waals surface area (Å²) < 4.78 is 10.4. The van der Waals surface area contributed by atoms with Crippen molar-refractivity contribution in [3.8, 4) is 5.75 Å². The van der Waals surface area contributed by atoms with Crippen molar-refractivity contribution in [2.45, 2.75) is 31.1 Å². The van der Waals surface area contributed by atoms with Crippen LogP contribution in [0.4, 0.5) is 0 Å². The maximum atomic E-state index is 12.1. The summed E-state index contributed by atoms with van der Waals surface area (Å²) in [5.41, 5.74) is 0.466. The van der Waals surface area contributed by atoms with E-state index >= 15 is 0 Å². The third-order valence-electron chi connectivity index (χ3n) is 3.66. The molecule has 17 heavy (non-hydrogen) atoms. The van der Waals surface area contributed by atoms with Crippen molar-refractivity contribution < 1.29 is 14.3 Å². The SMILES string of the molecule is COC(=O)C1(c2ccccc2OC)CCCC1. The van der Waals surface area contributed by atoms with E-state index in [2.05, 4.69) is 0 Å². The van der Waals surface area contributed by atoms with Crippen molar-refractivity contribution in [1.29, 1.82) is 0 Å². The molecule has 3 nitrogen and oxygen atoms in total. The highest BCUT2D eigenvalue weighted by Crippen LogP contribution is 2.45. The molecule has 1 aromatic carbocycles. The molecule has 0 radical (unpaired) electrons. The monoisotopic (exact) mass is 234 g/mol. The van der Waals surface area contributed by atoms with Gasteiger partial charge in [0.15, 0.2) is 0 Å². The molecule has 1 saturated carbocycles. The average molecular weight is 234 g/mol. The smallest absolute Gasteiger partial charge is 0.316 e. The molecule has 0 spiro atoms. The number of para-hydroxylation sites is 1. The van der Waals surface area contributed by atoms with Crippen LogP contribution < -0.4 is 4.74 Å². The van der Waals surface area contributed by atoms with Crippen LogP contribution in [0.25, 0.3) is 0 Å². The minimum absolute atomic E-state index is 0.139. The van der Waals surface area contributed by atoms with Gasteiger partial charge in [-0.2, -0.15) is 0 Å². The number of methoxy groups -OCH3 is 2. The quantitative estimate of drug-likeness (QED) is 0.754. The van der Waals surface area contributed by atoms with Crippen LogP contribution in [0.2, 0.25) is 0 Å². The lowest BCUT2D eigenvalue weighted by Crippen LogP contribution is -2.34. The summed E-state index contributed by atoms with van der Waals surface area (Å²) in [7, 11) is 3.09. The predicted octanol–water partition coefficient (Wildman–Crippen LogP) is 2.68. The van der Waals surface area contributed by atoms with Crippen molar-refractivity contribution in [3.63, 3.8) is 0 Å². The van der Waals surface area contributed by atoms with Gasteiger partial charge in [-0.05, 0) is 18.9 Å². The van der Waals surface area contributed by atoms with Crippen LogP contribution in [0.15, 0.2) is 24.3 Å². The molecule has 0 unspecified atom stereocenters. The zero-order valence-electron chi connectivity index (χ0n) is 10.4. The number of carbonyl (C=O) groups is 1. The molecule has 0 atom stereocenters. The van der Waals surface area contributed by atoms with Crippen molar-refractivity contribution in [1.82, 2.24) is 0 Å². The van der Waals surface area contributed by atoms with E-state index < -0.39 is 5.41 Å². The molecule has 2 rings (SSSR count). The highest BCUT2D eigenvalue weighted by molar-refractivity contribution is 5.84. The molecule has 92 valence electrons. The molecule has 1 aromatic rings. The van der Waals surface area contributed by atoms with Gasteiger partial charge in [0.25, 0.3) is 0 Å². The van der Waals surface area contributed by atoms with Crippen LogP contribution in [0.5, 0.6) is 5.75 Å². The number of hydrogen-bond acceptors (Lipinski definition) is 3. The number of rotatable bonds is 3. The topological polar surface area (TPSA) is 35.5 Å². The van der Waals surface area contributed by atoms with E-state index in [0.29, 0.717) is 0 Å². The first kappa shape index (κ1) is 12.0. The fourth-order valence-corrected chi connectivity index (χ4v) is 2.80. The minimum Gasteiger partial charge on any atom is -0.496 e. The Hall–Kier alpha value is -1.51. The fourth-order valence-electron chi connectivity index (χ4n) is 2.80. The van der Waals surface area contributed by atoms with Gasteiger partial charge in [0.05, 0.1) is 19.6 Å². The van der Waals surface area contributed by atoms with Crippen LogP contribution in [0, 0.1) is 0 Å². The highest BCUT2D eigenvalue weighted by atomic mass is 16.5. The zero-order chi connectivity index (χ0) is 12.3. The maximum absolute atomic E-state index is 12.1. The van der Waals surface area contributed by atoms with E-state index in [1.807, 2.05) is 24.3 Å². The third-order valence-corrected chi connectivity index (χ3v) is 3.66. The van der Waals surface area contributed by atoms with Gasteiger partial charge in [0, 0.05) is 5.56 Å². The number of esters is 1. The summed E-state index contributed by atoms with van der Waals surface area (Å²) in [6.45, 7) is 0. The Morgan fingerprint density at radius 2 is 1.82 bits per heavy atom. The van der Waals surface area contributed by atoms with Crippen molar-refractivity contribution in [3.05, 3.63) is 29.8 Å². The summed E-state index contributed by atoms with van der Waals surface area (Å²) in [6, 6.07) is 7.74. The van der Waals surface area contributed by atoms with E-state index in [0.717, 1.165) is 37.0 Å². The molecule has 0 N–H and O–H groups in total. The number of hydrogen-bond donors (Lipinski definition) is 0. The Morgan fingerprint density at radius 3 is 2.41 bits per heavy atom. The fraction of sp³-hybridized carbons (Fsp3) is 0.500. The van der Waals surface area contributed by atoms with Gasteiger partial charge in [-0.1, -0.05) is 31.0 Å². The molecule has 0 amide bonds. The highest BCUT2D eigenvalue weighted by Gasteiger charge is 2.45. The van der Waals surface area contributed by atoms with Crippen LogP contribution in [0.3, 0.4) is 0 Å². The van der Waals surface area contributed by atoms with Crippen LogP contribution in [-0.2, 0) is 14.9 Å². The molecule has 0 bridgehead atoms. The second kappa shape index (κ2) is 4.78. The largest absolute Gasteiger partial charge is 0.496 e. The first-order valence-corrected chi connectivity index (χ1v) is 5.96. The van der Waals surface area contributed by atoms with Crippen LogP contribution in [0.1, 0.15) is 31.2 Å². The van der Waals surface area contributed by atoms with E-state index in [4.69, 9.17) is 9.47 Å². The number of carbonyl (C=O) groups excluding carboxylic acids is 1. The lowest BCUT2D eigenvalue weighted by atomic mass is 9.78. The molecule has 3 heteroatoms. The Kier molecular flexibility index (Phi) is 3.36. The average Bonchev–Trinajstić information content (AvgIpc) is 2.88. The molecule has 1 fully saturated rings. The van der Waals surface area contributed by atoms with Gasteiger partial charge in [0.1, 0.15) is 5.75 Å². The summed E-state index contributed by atoms with van der Waals surface area (Å²) in [4.78, 5) is 12.1.